The lowest BCUT2D eigenvalue weighted by Gasteiger charge is -2.02. The highest BCUT2D eigenvalue weighted by molar-refractivity contribution is 9.11. The lowest BCUT2D eigenvalue weighted by Crippen LogP contribution is -2.18. The first kappa shape index (κ1) is 9.74. The fraction of sp³-hybridized carbons (Fsp3) is 0.125. The van der Waals surface area contributed by atoms with Crippen LogP contribution in [0.3, 0.4) is 0 Å². The van der Waals surface area contributed by atoms with Gasteiger partial charge in [0.2, 0.25) is 0 Å². The Balaban J connectivity index is 3.09. The van der Waals surface area contributed by atoms with Gasteiger partial charge in [-0.3, -0.25) is 4.79 Å². The van der Waals surface area contributed by atoms with E-state index < -0.39 is 0 Å². The molecule has 1 aromatic rings. The Morgan fingerprint density at radius 1 is 1.42 bits per heavy atom. The number of carbonyl (C=O) groups excluding carboxylic acids is 1. The van der Waals surface area contributed by atoms with Crippen molar-refractivity contribution in [3.05, 3.63) is 32.7 Å². The average molecular weight is 293 g/mol. The highest BCUT2D eigenvalue weighted by atomic mass is 79.9. The van der Waals surface area contributed by atoms with Crippen LogP contribution in [0, 0.1) is 0 Å². The van der Waals surface area contributed by atoms with Crippen molar-refractivity contribution in [2.24, 2.45) is 0 Å². The molecule has 0 saturated carbocycles. The van der Waals surface area contributed by atoms with Crippen LogP contribution in [0.25, 0.3) is 0 Å². The normalized spacial score (nSPS) is 9.58. The van der Waals surface area contributed by atoms with Gasteiger partial charge < -0.3 is 5.32 Å². The molecular formula is C8H7Br2NO. The number of nitrogens with one attached hydrogen (secondary N) is 1. The van der Waals surface area contributed by atoms with Gasteiger partial charge in [0.25, 0.3) is 5.91 Å². The molecule has 0 aliphatic carbocycles. The maximum atomic E-state index is 11.2. The van der Waals surface area contributed by atoms with E-state index in [0.717, 1.165) is 8.95 Å². The number of hydrogen-bond donors (Lipinski definition) is 1. The van der Waals surface area contributed by atoms with Crippen molar-refractivity contribution in [3.63, 3.8) is 0 Å². The fourth-order valence-corrected chi connectivity index (χ4v) is 2.04. The van der Waals surface area contributed by atoms with Gasteiger partial charge in [-0.05, 0) is 34.1 Å². The minimum atomic E-state index is -0.0885. The van der Waals surface area contributed by atoms with Crippen LogP contribution in [0.15, 0.2) is 27.1 Å². The largest absolute Gasteiger partial charge is 0.355 e. The molecule has 0 radical (unpaired) electrons. The minimum Gasteiger partial charge on any atom is -0.355 e. The molecule has 0 fully saturated rings. The molecule has 0 aliphatic rings. The molecule has 0 unspecified atom stereocenters. The summed E-state index contributed by atoms with van der Waals surface area (Å²) in [5.41, 5.74) is 0.640. The third-order valence-electron chi connectivity index (χ3n) is 1.40. The monoisotopic (exact) mass is 291 g/mol. The molecule has 0 aliphatic heterocycles. The van der Waals surface area contributed by atoms with Crippen LogP contribution in [-0.2, 0) is 0 Å². The average Bonchev–Trinajstić information content (AvgIpc) is 2.03. The van der Waals surface area contributed by atoms with Gasteiger partial charge in [-0.15, -0.1) is 0 Å². The van der Waals surface area contributed by atoms with Crippen molar-refractivity contribution in [1.29, 1.82) is 0 Å². The number of amides is 1. The summed E-state index contributed by atoms with van der Waals surface area (Å²) in [6.45, 7) is 0. The summed E-state index contributed by atoms with van der Waals surface area (Å²) in [6.07, 6.45) is 0. The van der Waals surface area contributed by atoms with Gasteiger partial charge >= 0.3 is 0 Å². The third-order valence-corrected chi connectivity index (χ3v) is 2.55. The molecule has 0 atom stereocenters. The Bertz CT molecular complexity index is 312. The lowest BCUT2D eigenvalue weighted by atomic mass is 10.2. The van der Waals surface area contributed by atoms with E-state index in [4.69, 9.17) is 0 Å². The molecule has 1 amide bonds. The molecule has 0 saturated heterocycles. The SMILES string of the molecule is CNC(=O)c1ccc(Br)cc1Br. The predicted molar refractivity (Wildman–Crippen MR) is 55.2 cm³/mol. The maximum Gasteiger partial charge on any atom is 0.252 e. The smallest absolute Gasteiger partial charge is 0.252 e. The Morgan fingerprint density at radius 2 is 2.08 bits per heavy atom. The molecular weight excluding hydrogens is 286 g/mol. The zero-order valence-electron chi connectivity index (χ0n) is 6.40. The van der Waals surface area contributed by atoms with Crippen molar-refractivity contribution < 1.29 is 4.79 Å². The molecule has 4 heteroatoms. The van der Waals surface area contributed by atoms with Crippen LogP contribution in [0.1, 0.15) is 10.4 Å². The quantitative estimate of drug-likeness (QED) is 0.847. The summed E-state index contributed by atoms with van der Waals surface area (Å²) in [4.78, 5) is 11.2. The molecule has 12 heavy (non-hydrogen) atoms. The molecule has 0 heterocycles. The van der Waals surface area contributed by atoms with E-state index in [2.05, 4.69) is 37.2 Å². The van der Waals surface area contributed by atoms with Crippen LogP contribution in [0.2, 0.25) is 0 Å². The third kappa shape index (κ3) is 2.08. The Morgan fingerprint density at radius 3 is 2.58 bits per heavy atom. The van der Waals surface area contributed by atoms with E-state index in [1.165, 1.54) is 0 Å². The number of carbonyl (C=O) groups is 1. The van der Waals surface area contributed by atoms with E-state index in [0.29, 0.717) is 5.56 Å². The highest BCUT2D eigenvalue weighted by Gasteiger charge is 2.06. The maximum absolute atomic E-state index is 11.2. The van der Waals surface area contributed by atoms with E-state index in [9.17, 15) is 4.79 Å². The molecule has 0 spiro atoms. The molecule has 1 rings (SSSR count). The van der Waals surface area contributed by atoms with Crippen LogP contribution >= 0.6 is 31.9 Å². The number of hydrogen-bond acceptors (Lipinski definition) is 1. The van der Waals surface area contributed by atoms with Gasteiger partial charge in [0.15, 0.2) is 0 Å². The van der Waals surface area contributed by atoms with Gasteiger partial charge in [0.1, 0.15) is 0 Å². The van der Waals surface area contributed by atoms with Crippen molar-refractivity contribution >= 4 is 37.8 Å². The number of rotatable bonds is 1. The molecule has 0 aromatic heterocycles. The van der Waals surface area contributed by atoms with Gasteiger partial charge in [-0.25, -0.2) is 0 Å². The Hall–Kier alpha value is -0.350. The van der Waals surface area contributed by atoms with Gasteiger partial charge in [0, 0.05) is 16.0 Å². The summed E-state index contributed by atoms with van der Waals surface area (Å²) in [5.74, 6) is -0.0885. The topological polar surface area (TPSA) is 29.1 Å². The van der Waals surface area contributed by atoms with Crippen molar-refractivity contribution in [2.45, 2.75) is 0 Å². The summed E-state index contributed by atoms with van der Waals surface area (Å²) < 4.78 is 1.73. The molecule has 0 bridgehead atoms. The van der Waals surface area contributed by atoms with Crippen LogP contribution in [-0.4, -0.2) is 13.0 Å². The lowest BCUT2D eigenvalue weighted by molar-refractivity contribution is 0.0962. The van der Waals surface area contributed by atoms with E-state index in [-0.39, 0.29) is 5.91 Å². The number of halogens is 2. The molecule has 64 valence electrons. The first-order chi connectivity index (χ1) is 5.65. The van der Waals surface area contributed by atoms with Gasteiger partial charge in [0.05, 0.1) is 5.56 Å². The summed E-state index contributed by atoms with van der Waals surface area (Å²) in [7, 11) is 1.61. The summed E-state index contributed by atoms with van der Waals surface area (Å²) >= 11 is 6.60. The van der Waals surface area contributed by atoms with Crippen molar-refractivity contribution in [2.75, 3.05) is 7.05 Å². The number of benzene rings is 1. The van der Waals surface area contributed by atoms with E-state index >= 15 is 0 Å². The zero-order chi connectivity index (χ0) is 9.14. The predicted octanol–water partition coefficient (Wildman–Crippen LogP) is 2.57. The second-order valence-corrected chi connectivity index (χ2v) is 3.97. The second-order valence-electron chi connectivity index (χ2n) is 2.20. The summed E-state index contributed by atoms with van der Waals surface area (Å²) in [5, 5.41) is 2.56. The van der Waals surface area contributed by atoms with Gasteiger partial charge in [-0.2, -0.15) is 0 Å². The first-order valence-electron chi connectivity index (χ1n) is 3.32. The standard InChI is InChI=1S/C8H7Br2NO/c1-11-8(12)6-3-2-5(9)4-7(6)10/h2-4H,1H3,(H,11,12). The highest BCUT2D eigenvalue weighted by Crippen LogP contribution is 2.21. The van der Waals surface area contributed by atoms with Crippen molar-refractivity contribution in [1.82, 2.24) is 5.32 Å². The van der Waals surface area contributed by atoms with Crippen LogP contribution in [0.4, 0.5) is 0 Å². The molecule has 1 N–H and O–H groups in total. The Kier molecular flexibility index (Phi) is 3.29. The Labute approximate surface area is 87.6 Å². The second kappa shape index (κ2) is 4.05. The first-order valence-corrected chi connectivity index (χ1v) is 4.91. The van der Waals surface area contributed by atoms with Crippen LogP contribution < -0.4 is 5.32 Å². The molecule has 2 nitrogen and oxygen atoms in total. The van der Waals surface area contributed by atoms with E-state index in [1.54, 1.807) is 13.1 Å². The zero-order valence-corrected chi connectivity index (χ0v) is 9.57. The van der Waals surface area contributed by atoms with Crippen molar-refractivity contribution in [3.8, 4) is 0 Å². The molecule has 1 aromatic carbocycles. The van der Waals surface area contributed by atoms with Crippen LogP contribution in [0.5, 0.6) is 0 Å². The van der Waals surface area contributed by atoms with Gasteiger partial charge in [-0.1, -0.05) is 15.9 Å². The summed E-state index contributed by atoms with van der Waals surface area (Å²) in [6, 6.07) is 5.42. The van der Waals surface area contributed by atoms with E-state index in [1.807, 2.05) is 12.1 Å². The fourth-order valence-electron chi connectivity index (χ4n) is 0.808. The minimum absolute atomic E-state index is 0.0885.